The molecule has 1 saturated heterocycles. The number of carboxylic acids is 1. The van der Waals surface area contributed by atoms with Crippen molar-refractivity contribution in [3.8, 4) is 0 Å². The number of nitrogens with zero attached hydrogens (tertiary/aromatic N) is 2. The molecular weight excluding hydrogens is 312 g/mol. The fourth-order valence-electron chi connectivity index (χ4n) is 2.83. The first kappa shape index (κ1) is 15.7. The predicted molar refractivity (Wildman–Crippen MR) is 87.7 cm³/mol. The van der Waals surface area contributed by atoms with Gasteiger partial charge in [0.15, 0.2) is 0 Å². The van der Waals surface area contributed by atoms with Crippen molar-refractivity contribution in [1.82, 2.24) is 9.88 Å². The number of benzene rings is 1. The standard InChI is InChI=1S/C17H18N2O3S/c20-16(19-10-4-7-14(19)17(21)22)13-11-23-15(18-13)9-8-12-5-2-1-3-6-12/h1-3,5-6,11,14H,4,7-10H2,(H,21,22)/t14-/m1/s1. The summed E-state index contributed by atoms with van der Waals surface area (Å²) in [5.74, 6) is -1.20. The first-order chi connectivity index (χ1) is 11.1. The highest BCUT2D eigenvalue weighted by molar-refractivity contribution is 7.09. The number of hydrogen-bond donors (Lipinski definition) is 1. The SMILES string of the molecule is O=C(O)[C@H]1CCCN1C(=O)c1csc(CCc2ccccc2)n1. The Morgan fingerprint density at radius 1 is 1.26 bits per heavy atom. The van der Waals surface area contributed by atoms with Gasteiger partial charge in [-0.2, -0.15) is 0 Å². The summed E-state index contributed by atoms with van der Waals surface area (Å²) in [6, 6.07) is 9.43. The van der Waals surface area contributed by atoms with Crippen LogP contribution in [0.5, 0.6) is 0 Å². The summed E-state index contributed by atoms with van der Waals surface area (Å²) < 4.78 is 0. The zero-order valence-corrected chi connectivity index (χ0v) is 13.5. The van der Waals surface area contributed by atoms with Crippen LogP contribution in [0.4, 0.5) is 0 Å². The smallest absolute Gasteiger partial charge is 0.326 e. The van der Waals surface area contributed by atoms with Gasteiger partial charge in [0, 0.05) is 18.3 Å². The normalized spacial score (nSPS) is 17.4. The van der Waals surface area contributed by atoms with Gasteiger partial charge in [-0.3, -0.25) is 4.79 Å². The monoisotopic (exact) mass is 330 g/mol. The lowest BCUT2D eigenvalue weighted by Gasteiger charge is -2.20. The minimum atomic E-state index is -0.935. The number of carbonyl (C=O) groups excluding carboxylic acids is 1. The van der Waals surface area contributed by atoms with Crippen molar-refractivity contribution in [2.24, 2.45) is 0 Å². The number of aromatic nitrogens is 1. The van der Waals surface area contributed by atoms with Gasteiger partial charge in [-0.1, -0.05) is 30.3 Å². The van der Waals surface area contributed by atoms with Gasteiger partial charge in [0.05, 0.1) is 5.01 Å². The molecule has 1 aliphatic rings. The van der Waals surface area contributed by atoms with E-state index in [1.54, 1.807) is 5.38 Å². The van der Waals surface area contributed by atoms with Crippen LogP contribution in [0.25, 0.3) is 0 Å². The largest absolute Gasteiger partial charge is 0.480 e. The van der Waals surface area contributed by atoms with Gasteiger partial charge in [-0.15, -0.1) is 11.3 Å². The maximum atomic E-state index is 12.5. The van der Waals surface area contributed by atoms with Gasteiger partial charge in [-0.25, -0.2) is 9.78 Å². The highest BCUT2D eigenvalue weighted by Crippen LogP contribution is 2.22. The Morgan fingerprint density at radius 3 is 2.78 bits per heavy atom. The molecule has 1 amide bonds. The third-order valence-electron chi connectivity index (χ3n) is 4.04. The molecule has 1 atom stereocenters. The molecule has 0 saturated carbocycles. The first-order valence-electron chi connectivity index (χ1n) is 7.67. The number of thiazole rings is 1. The molecule has 1 aromatic carbocycles. The Hall–Kier alpha value is -2.21. The number of carbonyl (C=O) groups is 2. The fraction of sp³-hybridized carbons (Fsp3) is 0.353. The van der Waals surface area contributed by atoms with Crippen LogP contribution >= 0.6 is 11.3 Å². The molecule has 1 fully saturated rings. The predicted octanol–water partition coefficient (Wildman–Crippen LogP) is 2.62. The van der Waals surface area contributed by atoms with Crippen LogP contribution in [0, 0.1) is 0 Å². The summed E-state index contributed by atoms with van der Waals surface area (Å²) in [6.07, 6.45) is 2.91. The van der Waals surface area contributed by atoms with E-state index in [-0.39, 0.29) is 5.91 Å². The Bertz CT molecular complexity index is 699. The molecule has 2 heterocycles. The topological polar surface area (TPSA) is 70.5 Å². The number of hydrogen-bond acceptors (Lipinski definition) is 4. The lowest BCUT2D eigenvalue weighted by atomic mass is 10.1. The van der Waals surface area contributed by atoms with E-state index in [4.69, 9.17) is 0 Å². The van der Waals surface area contributed by atoms with Crippen LogP contribution in [0.2, 0.25) is 0 Å². The summed E-state index contributed by atoms with van der Waals surface area (Å²) in [5, 5.41) is 11.8. The van der Waals surface area contributed by atoms with Crippen LogP contribution in [-0.2, 0) is 17.6 Å². The van der Waals surface area contributed by atoms with Gasteiger partial charge in [0.1, 0.15) is 11.7 Å². The number of amides is 1. The molecule has 0 spiro atoms. The Kier molecular flexibility index (Phi) is 4.71. The van der Waals surface area contributed by atoms with E-state index in [0.717, 1.165) is 24.3 Å². The number of rotatable bonds is 5. The molecule has 1 N–H and O–H groups in total. The average molecular weight is 330 g/mol. The lowest BCUT2D eigenvalue weighted by Crippen LogP contribution is -2.40. The van der Waals surface area contributed by atoms with Crippen LogP contribution in [0.15, 0.2) is 35.7 Å². The molecular formula is C17H18N2O3S. The summed E-state index contributed by atoms with van der Waals surface area (Å²) in [4.78, 5) is 29.5. The van der Waals surface area contributed by atoms with Gasteiger partial charge in [-0.05, 0) is 24.8 Å². The fourth-order valence-corrected chi connectivity index (χ4v) is 3.61. The molecule has 5 nitrogen and oxygen atoms in total. The maximum Gasteiger partial charge on any atom is 0.326 e. The molecule has 120 valence electrons. The molecule has 1 aromatic heterocycles. The Morgan fingerprint density at radius 2 is 2.04 bits per heavy atom. The summed E-state index contributed by atoms with van der Waals surface area (Å²) in [5.41, 5.74) is 1.60. The van der Waals surface area contributed by atoms with E-state index in [1.807, 2.05) is 18.2 Å². The number of aryl methyl sites for hydroxylation is 2. The van der Waals surface area contributed by atoms with Crippen LogP contribution in [0.1, 0.15) is 33.9 Å². The van der Waals surface area contributed by atoms with Gasteiger partial charge < -0.3 is 10.0 Å². The molecule has 0 aliphatic carbocycles. The molecule has 0 bridgehead atoms. The van der Waals surface area contributed by atoms with E-state index in [0.29, 0.717) is 18.7 Å². The van der Waals surface area contributed by atoms with E-state index in [2.05, 4.69) is 17.1 Å². The van der Waals surface area contributed by atoms with Crippen molar-refractivity contribution >= 4 is 23.2 Å². The van der Waals surface area contributed by atoms with Crippen LogP contribution < -0.4 is 0 Å². The zero-order chi connectivity index (χ0) is 16.2. The zero-order valence-electron chi connectivity index (χ0n) is 12.6. The molecule has 6 heteroatoms. The van der Waals surface area contributed by atoms with Gasteiger partial charge in [0.2, 0.25) is 0 Å². The Labute approximate surface area is 138 Å². The number of aliphatic carboxylic acids is 1. The van der Waals surface area contributed by atoms with Gasteiger partial charge in [0.25, 0.3) is 5.91 Å². The average Bonchev–Trinajstić information content (AvgIpc) is 3.22. The third-order valence-corrected chi connectivity index (χ3v) is 4.95. The number of likely N-dealkylation sites (tertiary alicyclic amines) is 1. The quantitative estimate of drug-likeness (QED) is 0.915. The summed E-state index contributed by atoms with van der Waals surface area (Å²) in [6.45, 7) is 0.493. The van der Waals surface area contributed by atoms with Crippen molar-refractivity contribution in [2.45, 2.75) is 31.7 Å². The van der Waals surface area contributed by atoms with Crippen LogP contribution in [-0.4, -0.2) is 39.5 Å². The Balaban J connectivity index is 1.64. The van der Waals surface area contributed by atoms with Crippen molar-refractivity contribution in [2.75, 3.05) is 6.54 Å². The second-order valence-corrected chi connectivity index (χ2v) is 6.55. The second kappa shape index (κ2) is 6.91. The highest BCUT2D eigenvalue weighted by Gasteiger charge is 2.35. The lowest BCUT2D eigenvalue weighted by molar-refractivity contribution is -0.141. The summed E-state index contributed by atoms with van der Waals surface area (Å²) >= 11 is 1.46. The van der Waals surface area contributed by atoms with E-state index >= 15 is 0 Å². The van der Waals surface area contributed by atoms with Gasteiger partial charge >= 0.3 is 5.97 Å². The summed E-state index contributed by atoms with van der Waals surface area (Å²) in [7, 11) is 0. The second-order valence-electron chi connectivity index (χ2n) is 5.61. The van der Waals surface area contributed by atoms with E-state index in [9.17, 15) is 14.7 Å². The molecule has 0 unspecified atom stereocenters. The van der Waals surface area contributed by atoms with Crippen molar-refractivity contribution < 1.29 is 14.7 Å². The van der Waals surface area contributed by atoms with Crippen molar-refractivity contribution in [3.05, 3.63) is 52.0 Å². The minimum Gasteiger partial charge on any atom is -0.480 e. The van der Waals surface area contributed by atoms with Crippen molar-refractivity contribution in [3.63, 3.8) is 0 Å². The molecule has 1 aliphatic heterocycles. The van der Waals surface area contributed by atoms with E-state index in [1.165, 1.54) is 21.8 Å². The third kappa shape index (κ3) is 3.59. The first-order valence-corrected chi connectivity index (χ1v) is 8.55. The minimum absolute atomic E-state index is 0.267. The maximum absolute atomic E-state index is 12.5. The molecule has 2 aromatic rings. The molecule has 0 radical (unpaired) electrons. The highest BCUT2D eigenvalue weighted by atomic mass is 32.1. The van der Waals surface area contributed by atoms with Crippen molar-refractivity contribution in [1.29, 1.82) is 0 Å². The van der Waals surface area contributed by atoms with E-state index < -0.39 is 12.0 Å². The van der Waals surface area contributed by atoms with Crippen LogP contribution in [0.3, 0.4) is 0 Å². The molecule has 3 rings (SSSR count). The number of carboxylic acid groups (broad SMARTS) is 1. The molecule has 23 heavy (non-hydrogen) atoms.